The van der Waals surface area contributed by atoms with Crippen molar-refractivity contribution >= 4 is 46.3 Å². The third-order valence-corrected chi connectivity index (χ3v) is 3.58. The number of anilines is 4. The molecular weight excluding hydrogens is 359 g/mol. The van der Waals surface area contributed by atoms with Crippen LogP contribution in [0.2, 0.25) is 10.0 Å². The Bertz CT molecular complexity index is 871. The van der Waals surface area contributed by atoms with Gasteiger partial charge < -0.3 is 10.6 Å². The molecule has 3 aromatic rings. The normalized spacial score (nSPS) is 10.5. The molecule has 2 N–H and O–H groups in total. The lowest BCUT2D eigenvalue weighted by Gasteiger charge is -2.10. The van der Waals surface area contributed by atoms with Crippen molar-refractivity contribution in [3.63, 3.8) is 0 Å². The first-order valence-corrected chi connectivity index (χ1v) is 7.41. The Hall–Kier alpha value is -2.51. The minimum absolute atomic E-state index is 0.0918. The number of benzene rings is 2. The summed E-state index contributed by atoms with van der Waals surface area (Å²) >= 11 is 12.2. The largest absolute Gasteiger partial charge is 0.336 e. The Morgan fingerprint density at radius 1 is 0.917 bits per heavy atom. The summed E-state index contributed by atoms with van der Waals surface area (Å²) < 4.78 is 26.2. The molecule has 24 heavy (non-hydrogen) atoms. The highest BCUT2D eigenvalue weighted by Crippen LogP contribution is 2.32. The van der Waals surface area contributed by atoms with Gasteiger partial charge in [0, 0.05) is 11.8 Å². The van der Waals surface area contributed by atoms with Crippen LogP contribution in [0.15, 0.2) is 42.6 Å². The highest BCUT2D eigenvalue weighted by atomic mass is 35.5. The lowest BCUT2D eigenvalue weighted by molar-refractivity contribution is 0.509. The number of hydrogen-bond donors (Lipinski definition) is 2. The molecule has 0 radical (unpaired) electrons. The van der Waals surface area contributed by atoms with Crippen LogP contribution in [0.1, 0.15) is 0 Å². The Balaban J connectivity index is 1.82. The van der Waals surface area contributed by atoms with Gasteiger partial charge in [-0.15, -0.1) is 5.10 Å². The van der Waals surface area contributed by atoms with Gasteiger partial charge in [-0.25, -0.2) is 8.78 Å². The fourth-order valence-corrected chi connectivity index (χ4v) is 2.36. The minimum atomic E-state index is -0.981. The van der Waals surface area contributed by atoms with Crippen molar-refractivity contribution in [3.05, 3.63) is 64.3 Å². The van der Waals surface area contributed by atoms with E-state index in [1.165, 1.54) is 12.3 Å². The molecule has 5 nitrogen and oxygen atoms in total. The van der Waals surface area contributed by atoms with E-state index in [1.54, 1.807) is 18.2 Å². The van der Waals surface area contributed by atoms with E-state index < -0.39 is 11.6 Å². The molecule has 0 spiro atoms. The maximum absolute atomic E-state index is 13.2. The van der Waals surface area contributed by atoms with E-state index in [9.17, 15) is 8.78 Å². The SMILES string of the molecule is Fc1ccc(Nc2nncc(Nc3c(Cl)cccc3Cl)n2)cc1F. The predicted molar refractivity (Wildman–Crippen MR) is 89.2 cm³/mol. The molecule has 0 aliphatic heterocycles. The molecule has 1 aromatic heterocycles. The van der Waals surface area contributed by atoms with E-state index in [0.29, 0.717) is 21.6 Å². The first-order chi connectivity index (χ1) is 11.5. The van der Waals surface area contributed by atoms with Crippen LogP contribution in [-0.4, -0.2) is 15.2 Å². The van der Waals surface area contributed by atoms with Crippen LogP contribution in [0.3, 0.4) is 0 Å². The fraction of sp³-hybridized carbons (Fsp3) is 0. The predicted octanol–water partition coefficient (Wildman–Crippen LogP) is 4.94. The summed E-state index contributed by atoms with van der Waals surface area (Å²) in [5.41, 5.74) is 0.753. The summed E-state index contributed by atoms with van der Waals surface area (Å²) in [5.74, 6) is -1.51. The average molecular weight is 368 g/mol. The van der Waals surface area contributed by atoms with Crippen LogP contribution in [0.4, 0.5) is 31.9 Å². The molecule has 122 valence electrons. The summed E-state index contributed by atoms with van der Waals surface area (Å²) in [5, 5.41) is 14.1. The second kappa shape index (κ2) is 6.94. The smallest absolute Gasteiger partial charge is 0.249 e. The van der Waals surface area contributed by atoms with Gasteiger partial charge in [-0.1, -0.05) is 29.3 Å². The Morgan fingerprint density at radius 2 is 1.67 bits per heavy atom. The van der Waals surface area contributed by atoms with Gasteiger partial charge in [-0.3, -0.25) is 0 Å². The maximum Gasteiger partial charge on any atom is 0.249 e. The molecular formula is C15H9Cl2F2N5. The second-order valence-electron chi connectivity index (χ2n) is 4.64. The minimum Gasteiger partial charge on any atom is -0.336 e. The van der Waals surface area contributed by atoms with E-state index in [1.807, 2.05) is 0 Å². The number of nitrogens with one attached hydrogen (secondary N) is 2. The van der Waals surface area contributed by atoms with Crippen LogP contribution in [0, 0.1) is 11.6 Å². The molecule has 0 atom stereocenters. The van der Waals surface area contributed by atoms with E-state index in [4.69, 9.17) is 23.2 Å². The number of nitrogens with zero attached hydrogens (tertiary/aromatic N) is 3. The van der Waals surface area contributed by atoms with Gasteiger partial charge in [0.15, 0.2) is 17.5 Å². The lowest BCUT2D eigenvalue weighted by atomic mass is 10.3. The molecule has 0 aliphatic rings. The Morgan fingerprint density at radius 3 is 2.38 bits per heavy atom. The van der Waals surface area contributed by atoms with E-state index >= 15 is 0 Å². The molecule has 0 saturated heterocycles. The van der Waals surface area contributed by atoms with E-state index in [0.717, 1.165) is 12.1 Å². The van der Waals surface area contributed by atoms with Crippen molar-refractivity contribution in [2.45, 2.75) is 0 Å². The zero-order valence-electron chi connectivity index (χ0n) is 11.9. The van der Waals surface area contributed by atoms with Gasteiger partial charge in [0.2, 0.25) is 5.95 Å². The topological polar surface area (TPSA) is 62.7 Å². The first kappa shape index (κ1) is 16.4. The highest BCUT2D eigenvalue weighted by Gasteiger charge is 2.09. The van der Waals surface area contributed by atoms with Crippen LogP contribution < -0.4 is 10.6 Å². The monoisotopic (exact) mass is 367 g/mol. The standard InChI is InChI=1S/C15H9Cl2F2N5/c16-9-2-1-3-10(17)14(9)22-13-7-20-24-15(23-13)21-8-4-5-11(18)12(19)6-8/h1-7H,(H2,21,22,23,24). The second-order valence-corrected chi connectivity index (χ2v) is 5.46. The van der Waals surface area contributed by atoms with Gasteiger partial charge in [-0.2, -0.15) is 10.1 Å². The Labute approximate surface area is 145 Å². The van der Waals surface area contributed by atoms with Gasteiger partial charge in [0.05, 0.1) is 21.9 Å². The summed E-state index contributed by atoms with van der Waals surface area (Å²) in [6.45, 7) is 0. The van der Waals surface area contributed by atoms with E-state index in [2.05, 4.69) is 25.8 Å². The molecule has 0 saturated carbocycles. The van der Waals surface area contributed by atoms with Gasteiger partial charge in [-0.05, 0) is 24.3 Å². The zero-order chi connectivity index (χ0) is 17.1. The average Bonchev–Trinajstić information content (AvgIpc) is 2.55. The third kappa shape index (κ3) is 3.69. The van der Waals surface area contributed by atoms with Gasteiger partial charge in [0.1, 0.15) is 0 Å². The van der Waals surface area contributed by atoms with Crippen LogP contribution in [-0.2, 0) is 0 Å². The fourth-order valence-electron chi connectivity index (χ4n) is 1.87. The summed E-state index contributed by atoms with van der Waals surface area (Å²) in [7, 11) is 0. The number of hydrogen-bond acceptors (Lipinski definition) is 5. The van der Waals surface area contributed by atoms with Gasteiger partial charge >= 0.3 is 0 Å². The van der Waals surface area contributed by atoms with E-state index in [-0.39, 0.29) is 11.6 Å². The van der Waals surface area contributed by atoms with Crippen molar-refractivity contribution in [2.75, 3.05) is 10.6 Å². The summed E-state index contributed by atoms with van der Waals surface area (Å²) in [6, 6.07) is 8.40. The van der Waals surface area contributed by atoms with Gasteiger partial charge in [0.25, 0.3) is 0 Å². The number of rotatable bonds is 4. The summed E-state index contributed by atoms with van der Waals surface area (Å²) in [4.78, 5) is 4.17. The van der Waals surface area contributed by atoms with Crippen molar-refractivity contribution in [1.82, 2.24) is 15.2 Å². The number of halogens is 4. The van der Waals surface area contributed by atoms with Crippen LogP contribution in [0.5, 0.6) is 0 Å². The molecule has 0 aliphatic carbocycles. The van der Waals surface area contributed by atoms with Crippen LogP contribution in [0.25, 0.3) is 0 Å². The third-order valence-electron chi connectivity index (χ3n) is 2.95. The number of para-hydroxylation sites is 1. The number of aromatic nitrogens is 3. The molecule has 0 bridgehead atoms. The first-order valence-electron chi connectivity index (χ1n) is 6.66. The molecule has 3 rings (SSSR count). The molecule has 0 amide bonds. The van der Waals surface area contributed by atoms with Crippen molar-refractivity contribution in [3.8, 4) is 0 Å². The molecule has 2 aromatic carbocycles. The molecule has 1 heterocycles. The summed E-state index contributed by atoms with van der Waals surface area (Å²) in [6.07, 6.45) is 1.37. The van der Waals surface area contributed by atoms with Crippen LogP contribution >= 0.6 is 23.2 Å². The maximum atomic E-state index is 13.2. The highest BCUT2D eigenvalue weighted by molar-refractivity contribution is 6.39. The van der Waals surface area contributed by atoms with Crippen molar-refractivity contribution in [1.29, 1.82) is 0 Å². The molecule has 0 unspecified atom stereocenters. The molecule has 0 fully saturated rings. The van der Waals surface area contributed by atoms with Crippen molar-refractivity contribution in [2.24, 2.45) is 0 Å². The quantitative estimate of drug-likeness (QED) is 0.683. The molecule has 9 heteroatoms. The Kier molecular flexibility index (Phi) is 4.73. The zero-order valence-corrected chi connectivity index (χ0v) is 13.4. The lowest BCUT2D eigenvalue weighted by Crippen LogP contribution is -2.03. The van der Waals surface area contributed by atoms with Crippen molar-refractivity contribution < 1.29 is 8.78 Å².